The molecule has 2 rings (SSSR count). The first kappa shape index (κ1) is 11.9. The largest absolute Gasteiger partial charge is 0.352 e. The van der Waals surface area contributed by atoms with Gasteiger partial charge in [-0.3, -0.25) is 9.69 Å². The molecule has 92 valence electrons. The van der Waals surface area contributed by atoms with Crippen molar-refractivity contribution in [2.24, 2.45) is 0 Å². The van der Waals surface area contributed by atoms with E-state index >= 15 is 0 Å². The maximum absolute atomic E-state index is 11.8. The Bertz CT molecular complexity index is 238. The lowest BCUT2D eigenvalue weighted by molar-refractivity contribution is -0.123. The minimum Gasteiger partial charge on any atom is -0.352 e. The van der Waals surface area contributed by atoms with Gasteiger partial charge < -0.3 is 10.6 Å². The van der Waals surface area contributed by atoms with Crippen molar-refractivity contribution in [1.82, 2.24) is 15.5 Å². The Morgan fingerprint density at radius 2 is 2.19 bits per heavy atom. The van der Waals surface area contributed by atoms with Gasteiger partial charge in [0.1, 0.15) is 0 Å². The van der Waals surface area contributed by atoms with Crippen molar-refractivity contribution in [3.8, 4) is 0 Å². The van der Waals surface area contributed by atoms with E-state index in [4.69, 9.17) is 0 Å². The first-order chi connectivity index (χ1) is 7.74. The quantitative estimate of drug-likeness (QED) is 0.728. The number of carbonyl (C=O) groups excluding carboxylic acids is 1. The number of hydrogen-bond acceptors (Lipinski definition) is 3. The molecule has 0 radical (unpaired) electrons. The maximum Gasteiger partial charge on any atom is 0.234 e. The molecule has 0 aromatic carbocycles. The van der Waals surface area contributed by atoms with Gasteiger partial charge in [0.25, 0.3) is 0 Å². The van der Waals surface area contributed by atoms with Crippen LogP contribution in [0.25, 0.3) is 0 Å². The molecule has 1 amide bonds. The molecule has 0 unspecified atom stereocenters. The summed E-state index contributed by atoms with van der Waals surface area (Å²) in [6, 6.07) is 0.959. The molecule has 0 aromatic heterocycles. The highest BCUT2D eigenvalue weighted by Crippen LogP contribution is 2.17. The number of nitrogens with one attached hydrogen (secondary N) is 2. The molecule has 2 N–H and O–H groups in total. The van der Waals surface area contributed by atoms with Gasteiger partial charge in [0, 0.05) is 31.7 Å². The van der Waals surface area contributed by atoms with Gasteiger partial charge in [-0.1, -0.05) is 12.8 Å². The fourth-order valence-electron chi connectivity index (χ4n) is 2.70. The van der Waals surface area contributed by atoms with Crippen LogP contribution in [-0.4, -0.2) is 49.1 Å². The van der Waals surface area contributed by atoms with Gasteiger partial charge in [-0.15, -0.1) is 0 Å². The molecule has 2 aliphatic rings. The second-order valence-corrected chi connectivity index (χ2v) is 5.14. The van der Waals surface area contributed by atoms with E-state index in [1.165, 1.54) is 25.7 Å². The monoisotopic (exact) mass is 225 g/mol. The Hall–Kier alpha value is -0.610. The summed E-state index contributed by atoms with van der Waals surface area (Å²) in [6.07, 6.45) is 4.89. The van der Waals surface area contributed by atoms with Crippen LogP contribution in [0, 0.1) is 0 Å². The molecule has 1 saturated heterocycles. The van der Waals surface area contributed by atoms with E-state index in [9.17, 15) is 4.79 Å². The fourth-order valence-corrected chi connectivity index (χ4v) is 2.70. The lowest BCUT2D eigenvalue weighted by Gasteiger charge is -2.31. The number of amides is 1. The smallest absolute Gasteiger partial charge is 0.234 e. The Labute approximate surface area is 97.8 Å². The average molecular weight is 225 g/mol. The van der Waals surface area contributed by atoms with Crippen LogP contribution in [0.4, 0.5) is 0 Å². The van der Waals surface area contributed by atoms with Crippen molar-refractivity contribution < 1.29 is 4.79 Å². The van der Waals surface area contributed by atoms with E-state index in [0.29, 0.717) is 18.6 Å². The highest BCUT2D eigenvalue weighted by molar-refractivity contribution is 5.78. The molecule has 4 nitrogen and oxygen atoms in total. The molecule has 0 spiro atoms. The van der Waals surface area contributed by atoms with Crippen LogP contribution in [0.5, 0.6) is 0 Å². The van der Waals surface area contributed by atoms with Crippen LogP contribution >= 0.6 is 0 Å². The first-order valence-electron chi connectivity index (χ1n) is 6.49. The standard InChI is InChI=1S/C12H23N3O/c1-10-8-15(7-6-13-10)9-12(16)14-11-4-2-3-5-11/h10-11,13H,2-9H2,1H3,(H,14,16)/t10-/m0/s1. The number of carbonyl (C=O) groups is 1. The Kier molecular flexibility index (Phi) is 4.18. The van der Waals surface area contributed by atoms with Crippen LogP contribution in [0.15, 0.2) is 0 Å². The van der Waals surface area contributed by atoms with Crippen LogP contribution < -0.4 is 10.6 Å². The Morgan fingerprint density at radius 3 is 2.88 bits per heavy atom. The molecule has 1 aliphatic heterocycles. The summed E-state index contributed by atoms with van der Waals surface area (Å²) in [5, 5.41) is 6.52. The highest BCUT2D eigenvalue weighted by Gasteiger charge is 2.21. The second-order valence-electron chi connectivity index (χ2n) is 5.14. The third kappa shape index (κ3) is 3.46. The highest BCUT2D eigenvalue weighted by atomic mass is 16.2. The second kappa shape index (κ2) is 5.64. The summed E-state index contributed by atoms with van der Waals surface area (Å²) in [7, 11) is 0. The zero-order valence-electron chi connectivity index (χ0n) is 10.2. The van der Waals surface area contributed by atoms with Crippen LogP contribution in [0.1, 0.15) is 32.6 Å². The molecule has 4 heteroatoms. The number of rotatable bonds is 3. The van der Waals surface area contributed by atoms with Crippen molar-refractivity contribution in [1.29, 1.82) is 0 Å². The molecule has 2 fully saturated rings. The molecular formula is C12H23N3O. The summed E-state index contributed by atoms with van der Waals surface area (Å²) >= 11 is 0. The minimum absolute atomic E-state index is 0.209. The van der Waals surface area contributed by atoms with Gasteiger partial charge in [0.15, 0.2) is 0 Å². The van der Waals surface area contributed by atoms with Crippen LogP contribution in [0.3, 0.4) is 0 Å². The lowest BCUT2D eigenvalue weighted by Crippen LogP contribution is -2.52. The zero-order chi connectivity index (χ0) is 11.4. The predicted molar refractivity (Wildman–Crippen MR) is 64.3 cm³/mol. The van der Waals surface area contributed by atoms with Crippen LogP contribution in [-0.2, 0) is 4.79 Å². The van der Waals surface area contributed by atoms with Gasteiger partial charge in [0.05, 0.1) is 6.54 Å². The van der Waals surface area contributed by atoms with Crippen molar-refractivity contribution in [2.75, 3.05) is 26.2 Å². The van der Waals surface area contributed by atoms with Gasteiger partial charge in [-0.05, 0) is 19.8 Å². The number of hydrogen-bond donors (Lipinski definition) is 2. The third-order valence-corrected chi connectivity index (χ3v) is 3.54. The van der Waals surface area contributed by atoms with Crippen molar-refractivity contribution >= 4 is 5.91 Å². The summed E-state index contributed by atoms with van der Waals surface area (Å²) < 4.78 is 0. The molecule has 0 aromatic rings. The predicted octanol–water partition coefficient (Wildman–Crippen LogP) is 0.339. The van der Waals surface area contributed by atoms with E-state index in [1.807, 2.05) is 0 Å². The third-order valence-electron chi connectivity index (χ3n) is 3.54. The summed E-state index contributed by atoms with van der Waals surface area (Å²) in [5.41, 5.74) is 0. The Morgan fingerprint density at radius 1 is 1.44 bits per heavy atom. The summed E-state index contributed by atoms with van der Waals surface area (Å²) in [4.78, 5) is 14.0. The summed E-state index contributed by atoms with van der Waals surface area (Å²) in [5.74, 6) is 0.209. The van der Waals surface area contributed by atoms with E-state index in [1.54, 1.807) is 0 Å². The van der Waals surface area contributed by atoms with E-state index in [-0.39, 0.29) is 5.91 Å². The van der Waals surface area contributed by atoms with E-state index in [2.05, 4.69) is 22.5 Å². The van der Waals surface area contributed by atoms with Crippen molar-refractivity contribution in [2.45, 2.75) is 44.7 Å². The summed E-state index contributed by atoms with van der Waals surface area (Å²) in [6.45, 7) is 5.71. The van der Waals surface area contributed by atoms with Crippen LogP contribution in [0.2, 0.25) is 0 Å². The van der Waals surface area contributed by atoms with Crippen molar-refractivity contribution in [3.05, 3.63) is 0 Å². The minimum atomic E-state index is 0.209. The van der Waals surface area contributed by atoms with Crippen molar-refractivity contribution in [3.63, 3.8) is 0 Å². The Balaban J connectivity index is 1.69. The molecule has 1 saturated carbocycles. The zero-order valence-corrected chi connectivity index (χ0v) is 10.2. The number of nitrogens with zero attached hydrogens (tertiary/aromatic N) is 1. The average Bonchev–Trinajstić information content (AvgIpc) is 2.70. The lowest BCUT2D eigenvalue weighted by atomic mass is 10.2. The topological polar surface area (TPSA) is 44.4 Å². The SMILES string of the molecule is C[C@H]1CN(CC(=O)NC2CCCC2)CCN1. The molecular weight excluding hydrogens is 202 g/mol. The maximum atomic E-state index is 11.8. The first-order valence-corrected chi connectivity index (χ1v) is 6.49. The molecule has 1 aliphatic carbocycles. The fraction of sp³-hybridized carbons (Fsp3) is 0.917. The van der Waals surface area contributed by atoms with Gasteiger partial charge in [-0.2, -0.15) is 0 Å². The van der Waals surface area contributed by atoms with E-state index in [0.717, 1.165) is 19.6 Å². The van der Waals surface area contributed by atoms with Gasteiger partial charge >= 0.3 is 0 Å². The molecule has 1 atom stereocenters. The molecule has 0 bridgehead atoms. The normalized spacial score (nSPS) is 28.2. The number of piperazine rings is 1. The molecule has 16 heavy (non-hydrogen) atoms. The van der Waals surface area contributed by atoms with Gasteiger partial charge in [-0.25, -0.2) is 0 Å². The molecule has 1 heterocycles. The van der Waals surface area contributed by atoms with Gasteiger partial charge in [0.2, 0.25) is 5.91 Å². The van der Waals surface area contributed by atoms with E-state index < -0.39 is 0 Å².